The average molecular weight is 444 g/mol. The molecule has 156 valence electrons. The van der Waals surface area contributed by atoms with Gasteiger partial charge in [0.15, 0.2) is 11.7 Å². The summed E-state index contributed by atoms with van der Waals surface area (Å²) in [5, 5.41) is 2.01. The number of nitrogens with one attached hydrogen (secondary N) is 1. The molecule has 1 aromatic heterocycles. The molecule has 0 aliphatic carbocycles. The van der Waals surface area contributed by atoms with Crippen LogP contribution in [0.15, 0.2) is 52.9 Å². The molecule has 9 heteroatoms. The van der Waals surface area contributed by atoms with E-state index in [2.05, 4.69) is 9.71 Å². The van der Waals surface area contributed by atoms with Crippen LogP contribution in [0.4, 0.5) is 10.8 Å². The first-order valence-corrected chi connectivity index (χ1v) is 11.8. The number of aromatic nitrogens is 1. The predicted octanol–water partition coefficient (Wildman–Crippen LogP) is 3.53. The Labute approximate surface area is 179 Å². The molecule has 1 aliphatic heterocycles. The van der Waals surface area contributed by atoms with Crippen LogP contribution in [-0.2, 0) is 21.2 Å². The number of ether oxygens (including phenoxy) is 1. The van der Waals surface area contributed by atoms with E-state index in [1.54, 1.807) is 22.4 Å². The third kappa shape index (κ3) is 4.03. The fourth-order valence-electron chi connectivity index (χ4n) is 3.49. The van der Waals surface area contributed by atoms with Crippen LogP contribution < -0.4 is 14.4 Å². The summed E-state index contributed by atoms with van der Waals surface area (Å²) >= 11 is 1.21. The van der Waals surface area contributed by atoms with Crippen molar-refractivity contribution in [2.45, 2.75) is 25.2 Å². The molecule has 1 N–H and O–H groups in total. The molecule has 7 nitrogen and oxygen atoms in total. The lowest BCUT2D eigenvalue weighted by Crippen LogP contribution is -2.33. The molecule has 0 unspecified atom stereocenters. The zero-order valence-electron chi connectivity index (χ0n) is 16.6. The van der Waals surface area contributed by atoms with Gasteiger partial charge in [-0.2, -0.15) is 0 Å². The van der Waals surface area contributed by atoms with Gasteiger partial charge in [0, 0.05) is 23.8 Å². The predicted molar refractivity (Wildman–Crippen MR) is 117 cm³/mol. The van der Waals surface area contributed by atoms with Crippen LogP contribution in [0.3, 0.4) is 0 Å². The number of hydrogen-bond acceptors (Lipinski definition) is 6. The summed E-state index contributed by atoms with van der Waals surface area (Å²) in [5.74, 6) is 0.563. The number of benzene rings is 2. The Morgan fingerprint density at radius 1 is 1.23 bits per heavy atom. The number of amides is 1. The average Bonchev–Trinajstić information content (AvgIpc) is 3.36. The lowest BCUT2D eigenvalue weighted by molar-refractivity contribution is -0.120. The second kappa shape index (κ2) is 8.08. The lowest BCUT2D eigenvalue weighted by Gasteiger charge is -2.19. The smallest absolute Gasteiger partial charge is 0.264 e. The first-order valence-electron chi connectivity index (χ1n) is 9.40. The van der Waals surface area contributed by atoms with Gasteiger partial charge in [0.25, 0.3) is 15.9 Å². The van der Waals surface area contributed by atoms with Crippen LogP contribution >= 0.6 is 11.3 Å². The number of rotatable bonds is 6. The van der Waals surface area contributed by atoms with E-state index in [4.69, 9.17) is 4.74 Å². The van der Waals surface area contributed by atoms with Crippen molar-refractivity contribution in [1.82, 2.24) is 4.98 Å². The molecule has 0 radical (unpaired) electrons. The lowest BCUT2D eigenvalue weighted by atomic mass is 10.1. The van der Waals surface area contributed by atoms with Crippen molar-refractivity contribution in [3.8, 4) is 5.75 Å². The van der Waals surface area contributed by atoms with Crippen molar-refractivity contribution in [1.29, 1.82) is 0 Å². The van der Waals surface area contributed by atoms with Gasteiger partial charge in [-0.3, -0.25) is 9.52 Å². The molecule has 1 amide bonds. The highest BCUT2D eigenvalue weighted by Crippen LogP contribution is 2.31. The van der Waals surface area contributed by atoms with Crippen molar-refractivity contribution in [2.75, 3.05) is 22.8 Å². The molecule has 3 aromatic rings. The van der Waals surface area contributed by atoms with E-state index in [-0.39, 0.29) is 17.4 Å². The van der Waals surface area contributed by atoms with E-state index in [0.29, 0.717) is 18.1 Å². The Kier molecular flexibility index (Phi) is 5.48. The monoisotopic (exact) mass is 443 g/mol. The highest BCUT2D eigenvalue weighted by molar-refractivity contribution is 7.93. The molecule has 0 saturated heterocycles. The fraction of sp³-hybridized carbons (Fsp3) is 0.238. The molecule has 0 fully saturated rings. The molecular formula is C21H21N3O4S2. The summed E-state index contributed by atoms with van der Waals surface area (Å²) in [6.45, 7) is 4.31. The Bertz CT molecular complexity index is 1170. The summed E-state index contributed by atoms with van der Waals surface area (Å²) in [6, 6.07) is 10.6. The van der Waals surface area contributed by atoms with Gasteiger partial charge >= 0.3 is 0 Å². The minimum Gasteiger partial charge on any atom is -0.483 e. The standard InChI is InChI=1S/C21H21N3O4S2/c1-14-4-3-5-15(2)20(14)28-13-19(25)24-10-8-16-12-17(6-7-18(16)24)30(26,27)23-21-22-9-11-29-21/h3-7,9,11-12H,8,10,13H2,1-2H3,(H,22,23). The molecule has 30 heavy (non-hydrogen) atoms. The Morgan fingerprint density at radius 3 is 2.70 bits per heavy atom. The zero-order chi connectivity index (χ0) is 21.3. The second-order valence-corrected chi connectivity index (χ2v) is 9.62. The molecule has 2 aromatic carbocycles. The number of fused-ring (bicyclic) bond motifs is 1. The van der Waals surface area contributed by atoms with Crippen molar-refractivity contribution >= 4 is 38.1 Å². The first-order chi connectivity index (χ1) is 14.3. The van der Waals surface area contributed by atoms with Gasteiger partial charge < -0.3 is 9.64 Å². The van der Waals surface area contributed by atoms with Crippen LogP contribution in [-0.4, -0.2) is 32.5 Å². The van der Waals surface area contributed by atoms with E-state index < -0.39 is 10.0 Å². The second-order valence-electron chi connectivity index (χ2n) is 7.04. The number of thiazole rings is 1. The summed E-state index contributed by atoms with van der Waals surface area (Å²) in [5.41, 5.74) is 3.50. The highest BCUT2D eigenvalue weighted by atomic mass is 32.2. The number of carbonyl (C=O) groups is 1. The van der Waals surface area contributed by atoms with E-state index in [1.165, 1.54) is 23.6 Å². The minimum atomic E-state index is -3.73. The van der Waals surface area contributed by atoms with E-state index in [1.807, 2.05) is 32.0 Å². The largest absolute Gasteiger partial charge is 0.483 e. The molecule has 0 atom stereocenters. The van der Waals surface area contributed by atoms with E-state index in [9.17, 15) is 13.2 Å². The maximum Gasteiger partial charge on any atom is 0.264 e. The zero-order valence-corrected chi connectivity index (χ0v) is 18.2. The number of carbonyl (C=O) groups excluding carboxylic acids is 1. The van der Waals surface area contributed by atoms with Gasteiger partial charge in [0.05, 0.1) is 4.90 Å². The number of anilines is 2. The van der Waals surface area contributed by atoms with Crippen molar-refractivity contribution in [2.24, 2.45) is 0 Å². The van der Waals surface area contributed by atoms with Gasteiger partial charge in [-0.25, -0.2) is 13.4 Å². The van der Waals surface area contributed by atoms with E-state index in [0.717, 1.165) is 28.1 Å². The molecule has 1 aliphatic rings. The summed E-state index contributed by atoms with van der Waals surface area (Å²) in [4.78, 5) is 18.5. The number of para-hydroxylation sites is 1. The van der Waals surface area contributed by atoms with Crippen molar-refractivity contribution in [3.63, 3.8) is 0 Å². The van der Waals surface area contributed by atoms with Gasteiger partial charge in [-0.05, 0) is 55.2 Å². The van der Waals surface area contributed by atoms with Crippen LogP contribution in [0.1, 0.15) is 16.7 Å². The third-order valence-electron chi connectivity index (χ3n) is 4.96. The number of sulfonamides is 1. The molecule has 0 spiro atoms. The Hall–Kier alpha value is -2.91. The molecule has 2 heterocycles. The minimum absolute atomic E-state index is 0.0726. The van der Waals surface area contributed by atoms with Gasteiger partial charge in [-0.15, -0.1) is 11.3 Å². The van der Waals surface area contributed by atoms with Gasteiger partial charge in [0.2, 0.25) is 0 Å². The maximum absolute atomic E-state index is 12.8. The fourth-order valence-corrected chi connectivity index (χ4v) is 5.33. The maximum atomic E-state index is 12.8. The highest BCUT2D eigenvalue weighted by Gasteiger charge is 2.27. The van der Waals surface area contributed by atoms with Gasteiger partial charge in [-0.1, -0.05) is 18.2 Å². The van der Waals surface area contributed by atoms with Crippen LogP contribution in [0, 0.1) is 13.8 Å². The van der Waals surface area contributed by atoms with Crippen LogP contribution in [0.2, 0.25) is 0 Å². The number of aryl methyl sites for hydroxylation is 2. The molecular weight excluding hydrogens is 422 g/mol. The quantitative estimate of drug-likeness (QED) is 0.630. The number of nitrogens with zero attached hydrogens (tertiary/aromatic N) is 2. The number of hydrogen-bond donors (Lipinski definition) is 1. The van der Waals surface area contributed by atoms with Gasteiger partial charge in [0.1, 0.15) is 5.75 Å². The summed E-state index contributed by atoms with van der Waals surface area (Å²) < 4.78 is 33.4. The van der Waals surface area contributed by atoms with Crippen molar-refractivity contribution in [3.05, 3.63) is 64.7 Å². The molecule has 4 rings (SSSR count). The third-order valence-corrected chi connectivity index (χ3v) is 7.11. The van der Waals surface area contributed by atoms with Crippen molar-refractivity contribution < 1.29 is 17.9 Å². The Balaban J connectivity index is 1.49. The van der Waals surface area contributed by atoms with Crippen LogP contribution in [0.25, 0.3) is 0 Å². The first kappa shape index (κ1) is 20.4. The van der Waals surface area contributed by atoms with Crippen LogP contribution in [0.5, 0.6) is 5.75 Å². The molecule has 0 bridgehead atoms. The SMILES string of the molecule is Cc1cccc(C)c1OCC(=O)N1CCc2cc(S(=O)(=O)Nc3nccs3)ccc21. The normalized spacial score (nSPS) is 13.2. The molecule has 0 saturated carbocycles. The summed E-state index contributed by atoms with van der Waals surface area (Å²) in [7, 11) is -3.73. The topological polar surface area (TPSA) is 88.6 Å². The summed E-state index contributed by atoms with van der Waals surface area (Å²) in [6.07, 6.45) is 2.13. The van der Waals surface area contributed by atoms with E-state index >= 15 is 0 Å². The Morgan fingerprint density at radius 2 is 2.00 bits per heavy atom.